The van der Waals surface area contributed by atoms with E-state index in [0.29, 0.717) is 5.69 Å². The summed E-state index contributed by atoms with van der Waals surface area (Å²) >= 11 is 0. The molecule has 1 saturated heterocycles. The number of nitrogens with zero attached hydrogens (tertiary/aromatic N) is 1. The third-order valence-corrected chi connectivity index (χ3v) is 5.30. The molecule has 25 heavy (non-hydrogen) atoms. The van der Waals surface area contributed by atoms with Gasteiger partial charge in [0, 0.05) is 12.2 Å². The van der Waals surface area contributed by atoms with Crippen molar-refractivity contribution in [2.24, 2.45) is 0 Å². The average molecular weight is 364 g/mol. The fourth-order valence-corrected chi connectivity index (χ4v) is 3.67. The van der Waals surface area contributed by atoms with Gasteiger partial charge in [-0.2, -0.15) is 0 Å². The number of rotatable bonds is 5. The number of hydrogen-bond donors (Lipinski definition) is 1. The van der Waals surface area contributed by atoms with Crippen LogP contribution in [0.3, 0.4) is 0 Å². The molecule has 2 aromatic rings. The first-order valence-electron chi connectivity index (χ1n) is 7.66. The molecule has 6 nitrogen and oxygen atoms in total. The van der Waals surface area contributed by atoms with Crippen LogP contribution in [0.25, 0.3) is 0 Å². The first-order chi connectivity index (χ1) is 11.9. The van der Waals surface area contributed by atoms with Crippen LogP contribution in [0.1, 0.15) is 5.56 Å². The Labute approximate surface area is 145 Å². The zero-order valence-corrected chi connectivity index (χ0v) is 14.3. The second-order valence-corrected chi connectivity index (χ2v) is 7.48. The van der Waals surface area contributed by atoms with E-state index >= 15 is 0 Å². The Bertz CT molecular complexity index is 887. The number of halogens is 1. The van der Waals surface area contributed by atoms with Crippen molar-refractivity contribution in [3.05, 3.63) is 59.9 Å². The van der Waals surface area contributed by atoms with E-state index in [1.54, 1.807) is 24.3 Å². The molecule has 0 radical (unpaired) electrons. The van der Waals surface area contributed by atoms with Crippen LogP contribution in [0.15, 0.2) is 53.4 Å². The van der Waals surface area contributed by atoms with E-state index in [0.717, 1.165) is 6.07 Å². The molecule has 2 aromatic carbocycles. The van der Waals surface area contributed by atoms with Gasteiger partial charge >= 0.3 is 6.09 Å². The number of ether oxygens (including phenoxy) is 1. The largest absolute Gasteiger partial charge is 0.443 e. The van der Waals surface area contributed by atoms with E-state index in [-0.39, 0.29) is 23.5 Å². The maximum absolute atomic E-state index is 13.3. The highest BCUT2D eigenvalue weighted by Gasteiger charge is 2.33. The summed E-state index contributed by atoms with van der Waals surface area (Å²) in [5, 5.41) is 0. The van der Waals surface area contributed by atoms with Crippen molar-refractivity contribution < 1.29 is 22.3 Å². The first kappa shape index (κ1) is 17.4. The lowest BCUT2D eigenvalue weighted by molar-refractivity contribution is 0.143. The number of amides is 1. The summed E-state index contributed by atoms with van der Waals surface area (Å²) in [4.78, 5) is 13.4. The minimum absolute atomic E-state index is 0.0318. The van der Waals surface area contributed by atoms with Crippen molar-refractivity contribution in [3.63, 3.8) is 0 Å². The molecule has 3 rings (SSSR count). The molecular formula is C17H17FN2O4S. The normalized spacial score (nSPS) is 17.6. The molecule has 132 valence electrons. The lowest BCUT2D eigenvalue weighted by atomic mass is 10.2. The van der Waals surface area contributed by atoms with Crippen molar-refractivity contribution in [2.75, 3.05) is 18.0 Å². The third kappa shape index (κ3) is 3.80. The summed E-state index contributed by atoms with van der Waals surface area (Å²) in [6, 6.07) is 12.5. The monoisotopic (exact) mass is 364 g/mol. The molecule has 1 N–H and O–H groups in total. The number of nitrogens with one attached hydrogen (secondary N) is 1. The van der Waals surface area contributed by atoms with Crippen molar-refractivity contribution in [1.82, 2.24) is 4.72 Å². The molecule has 1 amide bonds. The lowest BCUT2D eigenvalue weighted by Gasteiger charge is -2.13. The van der Waals surface area contributed by atoms with Gasteiger partial charge in [0.15, 0.2) is 0 Å². The number of cyclic esters (lactones) is 1. The molecule has 1 atom stereocenters. The Kier molecular flexibility index (Phi) is 4.73. The fourth-order valence-electron chi connectivity index (χ4n) is 2.52. The van der Waals surface area contributed by atoms with Crippen LogP contribution < -0.4 is 9.62 Å². The smallest absolute Gasteiger partial charge is 0.414 e. The van der Waals surface area contributed by atoms with Gasteiger partial charge in [0.05, 0.1) is 11.4 Å². The molecule has 1 aliphatic rings. The Morgan fingerprint density at radius 1 is 1.24 bits per heavy atom. The number of anilines is 1. The van der Waals surface area contributed by atoms with Crippen LogP contribution in [-0.4, -0.2) is 33.7 Å². The van der Waals surface area contributed by atoms with Gasteiger partial charge in [0.1, 0.15) is 11.9 Å². The minimum Gasteiger partial charge on any atom is -0.443 e. The highest BCUT2D eigenvalue weighted by molar-refractivity contribution is 7.89. The van der Waals surface area contributed by atoms with Crippen LogP contribution >= 0.6 is 0 Å². The van der Waals surface area contributed by atoms with Gasteiger partial charge in [-0.05, 0) is 42.8 Å². The van der Waals surface area contributed by atoms with E-state index < -0.39 is 28.0 Å². The quantitative estimate of drug-likeness (QED) is 0.884. The summed E-state index contributed by atoms with van der Waals surface area (Å²) in [5.41, 5.74) is 0.928. The summed E-state index contributed by atoms with van der Waals surface area (Å²) in [6.07, 6.45) is -1.13. The SMILES string of the molecule is Cc1cc(S(=O)(=O)NCC2CN(c3ccccc3)C(=O)O2)ccc1F. The molecule has 0 bridgehead atoms. The molecule has 1 aliphatic heterocycles. The first-order valence-corrected chi connectivity index (χ1v) is 9.14. The Morgan fingerprint density at radius 2 is 1.96 bits per heavy atom. The minimum atomic E-state index is -3.81. The van der Waals surface area contributed by atoms with E-state index in [9.17, 15) is 17.6 Å². The van der Waals surface area contributed by atoms with Gasteiger partial charge < -0.3 is 4.74 Å². The maximum atomic E-state index is 13.3. The molecular weight excluding hydrogens is 347 g/mol. The summed E-state index contributed by atoms with van der Waals surface area (Å²) in [7, 11) is -3.81. The summed E-state index contributed by atoms with van der Waals surface area (Å²) < 4.78 is 45.5. The number of carbonyl (C=O) groups excluding carboxylic acids is 1. The maximum Gasteiger partial charge on any atom is 0.414 e. The van der Waals surface area contributed by atoms with Gasteiger partial charge in [0.25, 0.3) is 0 Å². The highest BCUT2D eigenvalue weighted by Crippen LogP contribution is 2.21. The van der Waals surface area contributed by atoms with Gasteiger partial charge in [-0.15, -0.1) is 0 Å². The topological polar surface area (TPSA) is 75.7 Å². The second-order valence-electron chi connectivity index (χ2n) is 5.71. The summed E-state index contributed by atoms with van der Waals surface area (Å²) in [5.74, 6) is -0.470. The molecule has 0 aliphatic carbocycles. The number of sulfonamides is 1. The van der Waals surface area contributed by atoms with Crippen LogP contribution in [0.2, 0.25) is 0 Å². The van der Waals surface area contributed by atoms with Crippen LogP contribution in [0, 0.1) is 12.7 Å². The standard InChI is InChI=1S/C17H17FN2O4S/c1-12-9-15(7-8-16(12)18)25(22,23)19-10-14-11-20(17(21)24-14)13-5-3-2-4-6-13/h2-9,14,19H,10-11H2,1H3. The predicted octanol–water partition coefficient (Wildman–Crippen LogP) is 2.44. The van der Waals surface area contributed by atoms with Crippen LogP contribution in [0.4, 0.5) is 14.9 Å². The van der Waals surface area contributed by atoms with E-state index in [1.807, 2.05) is 6.07 Å². The second kappa shape index (κ2) is 6.81. The Morgan fingerprint density at radius 3 is 2.64 bits per heavy atom. The van der Waals surface area contributed by atoms with Crippen LogP contribution in [0.5, 0.6) is 0 Å². The fraction of sp³-hybridized carbons (Fsp3) is 0.235. The summed E-state index contributed by atoms with van der Waals surface area (Å²) in [6.45, 7) is 1.67. The number of carbonyl (C=O) groups is 1. The van der Waals surface area contributed by atoms with Gasteiger partial charge in [-0.3, -0.25) is 4.90 Å². The third-order valence-electron chi connectivity index (χ3n) is 3.88. The van der Waals surface area contributed by atoms with Gasteiger partial charge in [-0.25, -0.2) is 22.3 Å². The molecule has 1 heterocycles. The zero-order chi connectivity index (χ0) is 18.0. The molecule has 1 unspecified atom stereocenters. The van der Waals surface area contributed by atoms with E-state index in [1.165, 1.54) is 24.0 Å². The Hall–Kier alpha value is -2.45. The zero-order valence-electron chi connectivity index (χ0n) is 13.5. The van der Waals surface area contributed by atoms with Crippen LogP contribution in [-0.2, 0) is 14.8 Å². The molecule has 0 spiro atoms. The number of benzene rings is 2. The molecule has 8 heteroatoms. The van der Waals surface area contributed by atoms with Crippen molar-refractivity contribution in [1.29, 1.82) is 0 Å². The highest BCUT2D eigenvalue weighted by atomic mass is 32.2. The van der Waals surface area contributed by atoms with Gasteiger partial charge in [-0.1, -0.05) is 18.2 Å². The molecule has 0 saturated carbocycles. The average Bonchev–Trinajstić information content (AvgIpc) is 2.97. The van der Waals surface area contributed by atoms with Crippen molar-refractivity contribution in [3.8, 4) is 0 Å². The van der Waals surface area contributed by atoms with E-state index in [2.05, 4.69) is 4.72 Å². The van der Waals surface area contributed by atoms with E-state index in [4.69, 9.17) is 4.74 Å². The van der Waals surface area contributed by atoms with Crippen molar-refractivity contribution >= 4 is 21.8 Å². The lowest BCUT2D eigenvalue weighted by Crippen LogP contribution is -2.34. The number of para-hydroxylation sites is 1. The van der Waals surface area contributed by atoms with Crippen molar-refractivity contribution in [2.45, 2.75) is 17.9 Å². The molecule has 0 aromatic heterocycles. The Balaban J connectivity index is 1.65. The molecule has 1 fully saturated rings. The number of aryl methyl sites for hydroxylation is 1. The predicted molar refractivity (Wildman–Crippen MR) is 90.4 cm³/mol. The van der Waals surface area contributed by atoms with Gasteiger partial charge in [0.2, 0.25) is 10.0 Å². The number of hydrogen-bond acceptors (Lipinski definition) is 4.